The van der Waals surface area contributed by atoms with E-state index in [1.807, 2.05) is 56.9 Å². The van der Waals surface area contributed by atoms with Crippen LogP contribution in [-0.2, 0) is 55.6 Å². The molecule has 0 radical (unpaired) electrons. The number of nitrogens with one attached hydrogen (secondary N) is 1. The zero-order valence-electron chi connectivity index (χ0n) is 35.3. The van der Waals surface area contributed by atoms with Gasteiger partial charge in [-0.15, -0.1) is 0 Å². The highest BCUT2D eigenvalue weighted by Gasteiger charge is 2.34. The Hall–Kier alpha value is -4.07. The Bertz CT molecular complexity index is 1520. The van der Waals surface area contributed by atoms with Crippen molar-refractivity contribution in [2.45, 2.75) is 89.4 Å². The molecule has 3 saturated heterocycles. The van der Waals surface area contributed by atoms with Crippen LogP contribution in [0, 0.1) is 0 Å². The van der Waals surface area contributed by atoms with Gasteiger partial charge in [-0.25, -0.2) is 4.79 Å². The molecule has 17 nitrogen and oxygen atoms in total. The molecule has 0 saturated carbocycles. The van der Waals surface area contributed by atoms with Gasteiger partial charge in [-0.05, 0) is 75.9 Å². The first kappa shape index (κ1) is 47.0. The number of rotatable bonds is 23. The molecule has 334 valence electrons. The molecule has 4 atom stereocenters. The lowest BCUT2D eigenvalue weighted by molar-refractivity contribution is -0.158. The van der Waals surface area contributed by atoms with Crippen molar-refractivity contribution in [2.24, 2.45) is 0 Å². The molecule has 2 aromatic rings. The number of esters is 2. The summed E-state index contributed by atoms with van der Waals surface area (Å²) in [6.45, 7) is 11.3. The number of benzene rings is 2. The Morgan fingerprint density at radius 3 is 1.62 bits per heavy atom. The SMILES string of the molecule is CC1(C)OC[C@@H](COC(=O)CCc2ccc(OC[C@@H](O)CN(CCNC(=O)N3CCOCC3)C[C@H](O)COc3ccc(CCC(=O)OC[C@@H]4COC(C)(C)O4)cc3)cc2)O1. The van der Waals surface area contributed by atoms with Gasteiger partial charge in [-0.3, -0.25) is 14.5 Å². The average Bonchev–Trinajstić information content (AvgIpc) is 3.78. The van der Waals surface area contributed by atoms with Crippen LogP contribution in [-0.4, -0.2) is 166 Å². The third-order valence-electron chi connectivity index (χ3n) is 9.90. The van der Waals surface area contributed by atoms with Gasteiger partial charge in [0.05, 0.1) is 26.4 Å². The lowest BCUT2D eigenvalue weighted by Gasteiger charge is -2.29. The Morgan fingerprint density at radius 2 is 1.20 bits per heavy atom. The Morgan fingerprint density at radius 1 is 0.750 bits per heavy atom. The zero-order valence-corrected chi connectivity index (χ0v) is 35.3. The molecule has 0 aliphatic carbocycles. The van der Waals surface area contributed by atoms with Crippen molar-refractivity contribution in [2.75, 3.05) is 92.1 Å². The van der Waals surface area contributed by atoms with Crippen LogP contribution < -0.4 is 14.8 Å². The minimum atomic E-state index is -0.913. The van der Waals surface area contributed by atoms with Crippen LogP contribution in [0.3, 0.4) is 0 Å². The summed E-state index contributed by atoms with van der Waals surface area (Å²) in [6, 6.07) is 14.4. The molecule has 17 heteroatoms. The number of carbonyl (C=O) groups is 3. The third-order valence-corrected chi connectivity index (χ3v) is 9.90. The minimum Gasteiger partial charge on any atom is -0.491 e. The van der Waals surface area contributed by atoms with E-state index in [9.17, 15) is 24.6 Å². The van der Waals surface area contributed by atoms with Crippen LogP contribution >= 0.6 is 0 Å². The van der Waals surface area contributed by atoms with Gasteiger partial charge in [0.15, 0.2) is 11.6 Å². The molecular weight excluding hydrogens is 782 g/mol. The zero-order chi connectivity index (χ0) is 43.0. The van der Waals surface area contributed by atoms with Crippen molar-refractivity contribution in [1.82, 2.24) is 15.1 Å². The largest absolute Gasteiger partial charge is 0.491 e. The van der Waals surface area contributed by atoms with Crippen LogP contribution in [0.15, 0.2) is 48.5 Å². The van der Waals surface area contributed by atoms with Gasteiger partial charge < -0.3 is 63.1 Å². The first-order chi connectivity index (χ1) is 28.7. The maximum absolute atomic E-state index is 12.7. The van der Waals surface area contributed by atoms with Crippen LogP contribution in [0.2, 0.25) is 0 Å². The van der Waals surface area contributed by atoms with Crippen molar-refractivity contribution in [3.8, 4) is 11.5 Å². The molecule has 0 unspecified atom stereocenters. The number of ether oxygens (including phenoxy) is 9. The summed E-state index contributed by atoms with van der Waals surface area (Å²) in [4.78, 5) is 40.8. The number of hydrogen-bond acceptors (Lipinski definition) is 15. The molecule has 3 heterocycles. The Balaban J connectivity index is 1.02. The van der Waals surface area contributed by atoms with Gasteiger partial charge in [0.25, 0.3) is 0 Å². The summed E-state index contributed by atoms with van der Waals surface area (Å²) in [5.41, 5.74) is 1.87. The fourth-order valence-corrected chi connectivity index (χ4v) is 6.75. The van der Waals surface area contributed by atoms with Gasteiger partial charge in [-0.1, -0.05) is 24.3 Å². The fraction of sp³-hybridized carbons (Fsp3) is 0.651. The summed E-state index contributed by atoms with van der Waals surface area (Å²) >= 11 is 0. The summed E-state index contributed by atoms with van der Waals surface area (Å²) in [5, 5.41) is 24.9. The van der Waals surface area contributed by atoms with E-state index in [0.29, 0.717) is 76.9 Å². The van der Waals surface area contributed by atoms with Crippen molar-refractivity contribution < 1.29 is 67.2 Å². The summed E-state index contributed by atoms with van der Waals surface area (Å²) in [7, 11) is 0. The van der Waals surface area contributed by atoms with E-state index >= 15 is 0 Å². The third kappa shape index (κ3) is 17.1. The van der Waals surface area contributed by atoms with Crippen LogP contribution in [0.25, 0.3) is 0 Å². The molecule has 3 fully saturated rings. The number of aliphatic hydroxyl groups is 2. The number of carbonyl (C=O) groups excluding carboxylic acids is 3. The summed E-state index contributed by atoms with van der Waals surface area (Å²) in [5.74, 6) is -0.865. The molecule has 0 bridgehead atoms. The van der Waals surface area contributed by atoms with Crippen molar-refractivity contribution in [3.63, 3.8) is 0 Å². The normalized spacial score (nSPS) is 20.7. The minimum absolute atomic E-state index is 0.00896. The van der Waals surface area contributed by atoms with Gasteiger partial charge >= 0.3 is 18.0 Å². The Labute approximate surface area is 352 Å². The number of aryl methyl sites for hydroxylation is 2. The number of aliphatic hydroxyl groups excluding tert-OH is 2. The van der Waals surface area contributed by atoms with Crippen molar-refractivity contribution in [3.05, 3.63) is 59.7 Å². The molecule has 3 aliphatic heterocycles. The second-order valence-electron chi connectivity index (χ2n) is 16.1. The van der Waals surface area contributed by atoms with Crippen molar-refractivity contribution >= 4 is 18.0 Å². The number of morpholine rings is 1. The smallest absolute Gasteiger partial charge is 0.317 e. The van der Waals surface area contributed by atoms with E-state index in [-0.39, 0.29) is 82.5 Å². The van der Waals surface area contributed by atoms with Crippen LogP contribution in [0.1, 0.15) is 51.7 Å². The van der Waals surface area contributed by atoms with E-state index in [2.05, 4.69) is 5.32 Å². The quantitative estimate of drug-likeness (QED) is 0.138. The summed E-state index contributed by atoms with van der Waals surface area (Å²) in [6.07, 6.45) is -0.950. The molecular formula is C43H63N3O14. The standard InChI is InChI=1S/C43H63N3O14/c1-42(2)57-29-37(59-42)27-55-39(49)15-9-31-5-11-35(12-6-31)53-25-33(47)23-45(18-17-44-41(51)46-19-21-52-22-20-46)24-34(48)26-54-36-13-7-32(8-14-36)10-16-40(50)56-28-38-30-58-43(3,4)60-38/h5-8,11-14,33-34,37-38,47-48H,9-10,15-30H2,1-4H3,(H,44,51)/t33-,34-,37+,38+/m0/s1. The van der Waals surface area contributed by atoms with E-state index in [4.69, 9.17) is 42.6 Å². The van der Waals surface area contributed by atoms with E-state index in [0.717, 1.165) is 11.1 Å². The topological polar surface area (TPSA) is 193 Å². The molecule has 3 N–H and O–H groups in total. The van der Waals surface area contributed by atoms with E-state index in [1.54, 1.807) is 29.2 Å². The first-order valence-corrected chi connectivity index (χ1v) is 20.8. The number of nitrogens with zero attached hydrogens (tertiary/aromatic N) is 2. The molecule has 5 rings (SSSR count). The van der Waals surface area contributed by atoms with Crippen LogP contribution in [0.4, 0.5) is 4.79 Å². The van der Waals surface area contributed by atoms with Gasteiger partial charge in [0.1, 0.15) is 62.3 Å². The van der Waals surface area contributed by atoms with E-state index in [1.165, 1.54) is 0 Å². The highest BCUT2D eigenvalue weighted by Crippen LogP contribution is 2.24. The van der Waals surface area contributed by atoms with Crippen LogP contribution in [0.5, 0.6) is 11.5 Å². The number of urea groups is 1. The highest BCUT2D eigenvalue weighted by molar-refractivity contribution is 5.74. The predicted molar refractivity (Wildman–Crippen MR) is 216 cm³/mol. The predicted octanol–water partition coefficient (Wildman–Crippen LogP) is 2.46. The Kier molecular flexibility index (Phi) is 18.2. The monoisotopic (exact) mass is 845 g/mol. The number of amides is 2. The lowest BCUT2D eigenvalue weighted by Crippen LogP contribution is -2.49. The molecule has 0 spiro atoms. The first-order valence-electron chi connectivity index (χ1n) is 20.8. The molecule has 2 amide bonds. The second-order valence-corrected chi connectivity index (χ2v) is 16.1. The molecule has 0 aromatic heterocycles. The molecule has 60 heavy (non-hydrogen) atoms. The summed E-state index contributed by atoms with van der Waals surface area (Å²) < 4.78 is 50.1. The maximum Gasteiger partial charge on any atom is 0.317 e. The fourth-order valence-electron chi connectivity index (χ4n) is 6.75. The van der Waals surface area contributed by atoms with Gasteiger partial charge in [-0.2, -0.15) is 0 Å². The van der Waals surface area contributed by atoms with Gasteiger partial charge in [0, 0.05) is 52.1 Å². The molecule has 2 aromatic carbocycles. The number of hydrogen-bond donors (Lipinski definition) is 3. The second kappa shape index (κ2) is 23.2. The molecule has 3 aliphatic rings. The average molecular weight is 846 g/mol. The maximum atomic E-state index is 12.7. The van der Waals surface area contributed by atoms with Gasteiger partial charge in [0.2, 0.25) is 0 Å². The van der Waals surface area contributed by atoms with E-state index < -0.39 is 23.8 Å². The lowest BCUT2D eigenvalue weighted by atomic mass is 10.1. The highest BCUT2D eigenvalue weighted by atomic mass is 16.8. The van der Waals surface area contributed by atoms with Crippen molar-refractivity contribution in [1.29, 1.82) is 0 Å².